The molecule has 0 atom stereocenters. The van der Waals surface area contributed by atoms with Crippen LogP contribution in [0.25, 0.3) is 0 Å². The van der Waals surface area contributed by atoms with Crippen LogP contribution in [0.4, 0.5) is 4.39 Å². The predicted octanol–water partition coefficient (Wildman–Crippen LogP) is 0.0916. The summed E-state index contributed by atoms with van der Waals surface area (Å²) in [5.41, 5.74) is -0.153. The number of likely N-dealkylation sites (N-methyl/N-ethyl adjacent to an activating group) is 1. The lowest BCUT2D eigenvalue weighted by molar-refractivity contribution is -0.131. The van der Waals surface area contributed by atoms with Crippen LogP contribution in [0.1, 0.15) is 10.4 Å². The number of rotatable bonds is 5. The standard InChI is InChI=1S/C15H19FN2O6S/c1-17(2)14(19)10-24-15(20)11-3-4-12(16)13(9-11)25(21,22)18-5-7-23-8-6-18/h3-4,9H,5-8,10H2,1-2H3. The molecule has 1 fully saturated rings. The molecule has 0 saturated carbocycles. The number of halogens is 1. The molecule has 2 rings (SSSR count). The molecule has 138 valence electrons. The Bertz CT molecular complexity index is 759. The summed E-state index contributed by atoms with van der Waals surface area (Å²) in [6, 6.07) is 2.91. The van der Waals surface area contributed by atoms with Crippen LogP contribution in [0, 0.1) is 5.82 Å². The Labute approximate surface area is 145 Å². The molecule has 0 aliphatic carbocycles. The highest BCUT2D eigenvalue weighted by atomic mass is 32.2. The quantitative estimate of drug-likeness (QED) is 0.679. The summed E-state index contributed by atoms with van der Waals surface area (Å²) in [5, 5.41) is 0. The highest BCUT2D eigenvalue weighted by Gasteiger charge is 2.30. The molecule has 8 nitrogen and oxygen atoms in total. The number of benzene rings is 1. The fourth-order valence-electron chi connectivity index (χ4n) is 2.09. The van der Waals surface area contributed by atoms with E-state index in [0.29, 0.717) is 0 Å². The summed E-state index contributed by atoms with van der Waals surface area (Å²) < 4.78 is 50.2. The number of ether oxygens (including phenoxy) is 2. The van der Waals surface area contributed by atoms with Crippen LogP contribution in [-0.2, 0) is 24.3 Å². The van der Waals surface area contributed by atoms with Crippen molar-refractivity contribution in [3.05, 3.63) is 29.6 Å². The van der Waals surface area contributed by atoms with Gasteiger partial charge in [0, 0.05) is 27.2 Å². The topological polar surface area (TPSA) is 93.2 Å². The van der Waals surface area contributed by atoms with Gasteiger partial charge in [-0.15, -0.1) is 0 Å². The van der Waals surface area contributed by atoms with Crippen LogP contribution in [0.15, 0.2) is 23.1 Å². The van der Waals surface area contributed by atoms with Crippen molar-refractivity contribution in [3.63, 3.8) is 0 Å². The molecule has 1 aromatic rings. The number of carbonyl (C=O) groups is 2. The summed E-state index contributed by atoms with van der Waals surface area (Å²) in [5.74, 6) is -2.31. The molecule has 10 heteroatoms. The molecule has 0 aromatic heterocycles. The van der Waals surface area contributed by atoms with Gasteiger partial charge in [0.1, 0.15) is 10.7 Å². The van der Waals surface area contributed by atoms with E-state index in [0.717, 1.165) is 22.5 Å². The van der Waals surface area contributed by atoms with Gasteiger partial charge in [-0.2, -0.15) is 4.31 Å². The highest BCUT2D eigenvalue weighted by Crippen LogP contribution is 2.22. The molecular formula is C15H19FN2O6S. The van der Waals surface area contributed by atoms with Gasteiger partial charge < -0.3 is 14.4 Å². The fraction of sp³-hybridized carbons (Fsp3) is 0.467. The van der Waals surface area contributed by atoms with Crippen LogP contribution in [0.5, 0.6) is 0 Å². The van der Waals surface area contributed by atoms with Gasteiger partial charge in [0.15, 0.2) is 6.61 Å². The van der Waals surface area contributed by atoms with Crippen LogP contribution in [-0.4, -0.2) is 76.5 Å². The fourth-order valence-corrected chi connectivity index (χ4v) is 3.59. The Morgan fingerprint density at radius 3 is 2.52 bits per heavy atom. The first-order valence-corrected chi connectivity index (χ1v) is 8.92. The maximum Gasteiger partial charge on any atom is 0.338 e. The van der Waals surface area contributed by atoms with E-state index in [4.69, 9.17) is 9.47 Å². The number of esters is 1. The number of hydrogen-bond acceptors (Lipinski definition) is 6. The zero-order valence-electron chi connectivity index (χ0n) is 13.9. The Balaban J connectivity index is 2.22. The van der Waals surface area contributed by atoms with Gasteiger partial charge in [0.05, 0.1) is 18.8 Å². The van der Waals surface area contributed by atoms with Crippen molar-refractivity contribution in [1.29, 1.82) is 0 Å². The van der Waals surface area contributed by atoms with Crippen molar-refractivity contribution in [3.8, 4) is 0 Å². The monoisotopic (exact) mass is 374 g/mol. The average molecular weight is 374 g/mol. The van der Waals surface area contributed by atoms with Gasteiger partial charge in [0.25, 0.3) is 5.91 Å². The normalized spacial score (nSPS) is 15.6. The van der Waals surface area contributed by atoms with Gasteiger partial charge in [-0.3, -0.25) is 4.79 Å². The van der Waals surface area contributed by atoms with E-state index in [1.54, 1.807) is 0 Å². The third kappa shape index (κ3) is 4.53. The van der Waals surface area contributed by atoms with Gasteiger partial charge in [0.2, 0.25) is 10.0 Å². The van der Waals surface area contributed by atoms with Crippen molar-refractivity contribution in [2.45, 2.75) is 4.90 Å². The minimum atomic E-state index is -4.10. The summed E-state index contributed by atoms with van der Waals surface area (Å²) in [4.78, 5) is 24.1. The summed E-state index contributed by atoms with van der Waals surface area (Å²) >= 11 is 0. The Morgan fingerprint density at radius 2 is 1.92 bits per heavy atom. The van der Waals surface area contributed by atoms with Crippen molar-refractivity contribution < 1.29 is 31.9 Å². The zero-order valence-corrected chi connectivity index (χ0v) is 14.7. The Morgan fingerprint density at radius 1 is 1.28 bits per heavy atom. The first-order valence-electron chi connectivity index (χ1n) is 7.48. The van der Waals surface area contributed by atoms with E-state index in [-0.39, 0.29) is 31.9 Å². The first kappa shape index (κ1) is 19.3. The molecule has 0 spiro atoms. The van der Waals surface area contributed by atoms with Crippen LogP contribution >= 0.6 is 0 Å². The smallest absolute Gasteiger partial charge is 0.338 e. The number of hydrogen-bond donors (Lipinski definition) is 0. The van der Waals surface area contributed by atoms with Gasteiger partial charge in [-0.05, 0) is 18.2 Å². The molecule has 0 bridgehead atoms. The number of amides is 1. The highest BCUT2D eigenvalue weighted by molar-refractivity contribution is 7.89. The number of sulfonamides is 1. The molecular weight excluding hydrogens is 355 g/mol. The summed E-state index contributed by atoms with van der Waals surface area (Å²) in [6.07, 6.45) is 0. The molecule has 1 amide bonds. The summed E-state index contributed by atoms with van der Waals surface area (Å²) in [7, 11) is -1.10. The molecule has 25 heavy (non-hydrogen) atoms. The van der Waals surface area contributed by atoms with Crippen molar-refractivity contribution in [1.82, 2.24) is 9.21 Å². The third-order valence-electron chi connectivity index (χ3n) is 3.58. The maximum absolute atomic E-state index is 14.1. The lowest BCUT2D eigenvalue weighted by Crippen LogP contribution is -2.41. The second-order valence-corrected chi connectivity index (χ2v) is 7.43. The van der Waals surface area contributed by atoms with Crippen molar-refractivity contribution in [2.24, 2.45) is 0 Å². The summed E-state index contributed by atoms with van der Waals surface area (Å²) in [6.45, 7) is 0.154. The predicted molar refractivity (Wildman–Crippen MR) is 85.0 cm³/mol. The van der Waals surface area contributed by atoms with Gasteiger partial charge in [-0.1, -0.05) is 0 Å². The van der Waals surface area contributed by atoms with Crippen LogP contribution in [0.2, 0.25) is 0 Å². The molecule has 1 aliphatic rings. The Kier molecular flexibility index (Phi) is 6.09. The lowest BCUT2D eigenvalue weighted by atomic mass is 10.2. The molecule has 0 unspecified atom stereocenters. The molecule has 1 saturated heterocycles. The molecule has 0 N–H and O–H groups in total. The van der Waals surface area contributed by atoms with E-state index in [9.17, 15) is 22.4 Å². The minimum Gasteiger partial charge on any atom is -0.452 e. The van der Waals surface area contributed by atoms with E-state index >= 15 is 0 Å². The maximum atomic E-state index is 14.1. The molecule has 1 aliphatic heterocycles. The van der Waals surface area contributed by atoms with E-state index < -0.39 is 39.2 Å². The SMILES string of the molecule is CN(C)C(=O)COC(=O)c1ccc(F)c(S(=O)(=O)N2CCOCC2)c1. The number of morpholine rings is 1. The van der Waals surface area contributed by atoms with E-state index in [1.165, 1.54) is 19.0 Å². The largest absolute Gasteiger partial charge is 0.452 e. The van der Waals surface area contributed by atoms with Crippen molar-refractivity contribution in [2.75, 3.05) is 47.0 Å². The molecule has 1 heterocycles. The molecule has 0 radical (unpaired) electrons. The van der Waals surface area contributed by atoms with Gasteiger partial charge in [-0.25, -0.2) is 17.6 Å². The van der Waals surface area contributed by atoms with E-state index in [1.807, 2.05) is 0 Å². The van der Waals surface area contributed by atoms with Crippen molar-refractivity contribution >= 4 is 21.9 Å². The third-order valence-corrected chi connectivity index (χ3v) is 5.49. The van der Waals surface area contributed by atoms with Crippen LogP contribution < -0.4 is 0 Å². The van der Waals surface area contributed by atoms with Gasteiger partial charge >= 0.3 is 5.97 Å². The first-order chi connectivity index (χ1) is 11.7. The lowest BCUT2D eigenvalue weighted by Gasteiger charge is -2.26. The minimum absolute atomic E-state index is 0.105. The molecule has 1 aromatic carbocycles. The van der Waals surface area contributed by atoms with Crippen LogP contribution in [0.3, 0.4) is 0 Å². The van der Waals surface area contributed by atoms with E-state index in [2.05, 4.69) is 0 Å². The average Bonchev–Trinajstić information content (AvgIpc) is 2.60. The Hall–Kier alpha value is -2.04. The second kappa shape index (κ2) is 7.89. The number of carbonyl (C=O) groups excluding carboxylic acids is 2. The number of nitrogens with zero attached hydrogens (tertiary/aromatic N) is 2. The zero-order chi connectivity index (χ0) is 18.6. The second-order valence-electron chi connectivity index (χ2n) is 5.53.